The first-order valence-corrected chi connectivity index (χ1v) is 10.4. The molecule has 7 nitrogen and oxygen atoms in total. The highest BCUT2D eigenvalue weighted by atomic mass is 16.5. The third-order valence-electron chi connectivity index (χ3n) is 5.43. The van der Waals surface area contributed by atoms with Gasteiger partial charge in [0, 0.05) is 19.6 Å². The zero-order valence-corrected chi connectivity index (χ0v) is 17.4. The lowest BCUT2D eigenvalue weighted by Crippen LogP contribution is -2.41. The quantitative estimate of drug-likeness (QED) is 0.503. The van der Waals surface area contributed by atoms with Crippen molar-refractivity contribution in [2.75, 3.05) is 31.7 Å². The molecule has 1 fully saturated rings. The molecule has 2 heterocycles. The van der Waals surface area contributed by atoms with Gasteiger partial charge in [0.05, 0.1) is 35.9 Å². The lowest BCUT2D eigenvalue weighted by Gasteiger charge is -2.34. The van der Waals surface area contributed by atoms with Gasteiger partial charge < -0.3 is 4.74 Å². The van der Waals surface area contributed by atoms with Crippen molar-refractivity contribution in [3.63, 3.8) is 0 Å². The molecule has 1 aliphatic heterocycles. The number of nitrogens with one attached hydrogen (secondary N) is 1. The minimum absolute atomic E-state index is 0.0323. The molecule has 30 heavy (non-hydrogen) atoms. The third-order valence-corrected chi connectivity index (χ3v) is 5.43. The number of ether oxygens (including phenoxy) is 1. The van der Waals surface area contributed by atoms with Crippen LogP contribution in [0, 0.1) is 0 Å². The van der Waals surface area contributed by atoms with E-state index in [9.17, 15) is 4.79 Å². The zero-order valence-electron chi connectivity index (χ0n) is 17.4. The van der Waals surface area contributed by atoms with Crippen LogP contribution in [0.25, 0.3) is 10.9 Å². The molecule has 1 aliphatic rings. The predicted octanol–water partition coefficient (Wildman–Crippen LogP) is 3.28. The van der Waals surface area contributed by atoms with Crippen LogP contribution in [0.4, 0.5) is 5.95 Å². The van der Waals surface area contributed by atoms with E-state index in [-0.39, 0.29) is 11.6 Å². The number of aromatic nitrogens is 2. The van der Waals surface area contributed by atoms with E-state index in [1.54, 1.807) is 10.6 Å². The maximum Gasteiger partial charge on any atom is 0.262 e. The maximum atomic E-state index is 12.8. The largest absolute Gasteiger partial charge is 0.379 e. The molecular formula is C23H27N5O2. The number of anilines is 1. The van der Waals surface area contributed by atoms with Crippen molar-refractivity contribution in [3.05, 3.63) is 70.5 Å². The number of benzene rings is 2. The van der Waals surface area contributed by atoms with Crippen molar-refractivity contribution in [2.45, 2.75) is 26.4 Å². The Morgan fingerprint density at radius 2 is 1.83 bits per heavy atom. The summed E-state index contributed by atoms with van der Waals surface area (Å²) in [7, 11) is 0. The van der Waals surface area contributed by atoms with Crippen LogP contribution in [-0.2, 0) is 11.3 Å². The Morgan fingerprint density at radius 1 is 1.13 bits per heavy atom. The van der Waals surface area contributed by atoms with Gasteiger partial charge in [-0.3, -0.25) is 14.3 Å². The number of hydrogen-bond acceptors (Lipinski definition) is 6. The summed E-state index contributed by atoms with van der Waals surface area (Å²) < 4.78 is 7.15. The number of fused-ring (bicyclic) bond motifs is 1. The summed E-state index contributed by atoms with van der Waals surface area (Å²) >= 11 is 0. The van der Waals surface area contributed by atoms with Gasteiger partial charge in [0.25, 0.3) is 5.56 Å². The monoisotopic (exact) mass is 405 g/mol. The summed E-state index contributed by atoms with van der Waals surface area (Å²) in [5.74, 6) is 0.453. The Balaban J connectivity index is 1.68. The molecule has 0 radical (unpaired) electrons. The van der Waals surface area contributed by atoms with Crippen molar-refractivity contribution in [1.29, 1.82) is 0 Å². The fourth-order valence-electron chi connectivity index (χ4n) is 3.93. The van der Waals surface area contributed by atoms with Crippen molar-refractivity contribution in [2.24, 2.45) is 5.10 Å². The van der Waals surface area contributed by atoms with E-state index in [1.807, 2.05) is 50.2 Å². The molecule has 0 aliphatic carbocycles. The molecule has 1 N–H and O–H groups in total. The van der Waals surface area contributed by atoms with Crippen LogP contribution in [0.15, 0.2) is 64.5 Å². The van der Waals surface area contributed by atoms with Crippen LogP contribution in [-0.4, -0.2) is 46.5 Å². The van der Waals surface area contributed by atoms with E-state index in [0.29, 0.717) is 36.6 Å². The van der Waals surface area contributed by atoms with Crippen LogP contribution >= 0.6 is 0 Å². The molecule has 3 aromatic rings. The first-order valence-electron chi connectivity index (χ1n) is 10.4. The summed E-state index contributed by atoms with van der Waals surface area (Å²) in [6.45, 7) is 7.58. The maximum absolute atomic E-state index is 12.8. The molecule has 1 atom stereocenters. The number of para-hydroxylation sites is 1. The van der Waals surface area contributed by atoms with Crippen LogP contribution in [0.2, 0.25) is 0 Å². The zero-order chi connectivity index (χ0) is 20.9. The Kier molecular flexibility index (Phi) is 6.21. The molecule has 4 rings (SSSR count). The van der Waals surface area contributed by atoms with E-state index in [2.05, 4.69) is 32.5 Å². The minimum atomic E-state index is -0.0637. The van der Waals surface area contributed by atoms with Gasteiger partial charge in [-0.15, -0.1) is 0 Å². The van der Waals surface area contributed by atoms with Crippen LogP contribution in [0.3, 0.4) is 0 Å². The SMILES string of the molecule is CCn1c(N/N=C(/C)[C@@H](c2ccccc2)N2CCOCC2)nc2ccccc2c1=O. The van der Waals surface area contributed by atoms with E-state index >= 15 is 0 Å². The van der Waals surface area contributed by atoms with Crippen molar-refractivity contribution in [1.82, 2.24) is 14.5 Å². The van der Waals surface area contributed by atoms with E-state index < -0.39 is 0 Å². The van der Waals surface area contributed by atoms with E-state index in [0.717, 1.165) is 18.8 Å². The van der Waals surface area contributed by atoms with Crippen LogP contribution in [0.5, 0.6) is 0 Å². The van der Waals surface area contributed by atoms with Gasteiger partial charge in [-0.2, -0.15) is 5.10 Å². The first-order chi connectivity index (χ1) is 14.7. The van der Waals surface area contributed by atoms with Gasteiger partial charge in [-0.05, 0) is 31.5 Å². The second-order valence-electron chi connectivity index (χ2n) is 7.33. The second-order valence-corrected chi connectivity index (χ2v) is 7.33. The fraction of sp³-hybridized carbons (Fsp3) is 0.348. The molecule has 1 saturated heterocycles. The molecule has 0 bridgehead atoms. The average Bonchev–Trinajstić information content (AvgIpc) is 2.79. The Labute approximate surface area is 176 Å². The summed E-state index contributed by atoms with van der Waals surface area (Å²) in [5, 5.41) is 5.28. The number of nitrogens with zero attached hydrogens (tertiary/aromatic N) is 4. The molecule has 2 aromatic carbocycles. The molecule has 7 heteroatoms. The lowest BCUT2D eigenvalue weighted by molar-refractivity contribution is 0.0286. The standard InChI is InChI=1S/C23H27N5O2/c1-3-28-22(29)19-11-7-8-12-20(19)24-23(28)26-25-17(2)21(18-9-5-4-6-10-18)27-13-15-30-16-14-27/h4-12,21H,3,13-16H2,1-2H3,(H,24,26)/b25-17-/t21-/m0/s1. The summed E-state index contributed by atoms with van der Waals surface area (Å²) in [4.78, 5) is 19.8. The van der Waals surface area contributed by atoms with E-state index in [4.69, 9.17) is 4.74 Å². The molecule has 0 amide bonds. The van der Waals surface area contributed by atoms with Crippen molar-refractivity contribution in [3.8, 4) is 0 Å². The van der Waals surface area contributed by atoms with Gasteiger partial charge in [-0.25, -0.2) is 10.4 Å². The minimum Gasteiger partial charge on any atom is -0.379 e. The molecule has 0 spiro atoms. The Bertz CT molecular complexity index is 1090. The van der Waals surface area contributed by atoms with Crippen LogP contribution < -0.4 is 11.0 Å². The smallest absolute Gasteiger partial charge is 0.262 e. The van der Waals surface area contributed by atoms with Gasteiger partial charge in [0.1, 0.15) is 0 Å². The predicted molar refractivity (Wildman–Crippen MR) is 120 cm³/mol. The third kappa shape index (κ3) is 4.13. The normalized spacial score (nSPS) is 16.5. The molecule has 156 valence electrons. The fourth-order valence-corrected chi connectivity index (χ4v) is 3.93. The van der Waals surface area contributed by atoms with Crippen molar-refractivity contribution >= 4 is 22.6 Å². The van der Waals surface area contributed by atoms with Gasteiger partial charge in [-0.1, -0.05) is 42.5 Å². The van der Waals surface area contributed by atoms with Crippen LogP contribution in [0.1, 0.15) is 25.5 Å². The number of rotatable bonds is 6. The first kappa shape index (κ1) is 20.3. The molecule has 0 saturated carbocycles. The van der Waals surface area contributed by atoms with E-state index in [1.165, 1.54) is 5.56 Å². The number of hydrazone groups is 1. The Hall–Kier alpha value is -3.03. The summed E-state index contributed by atoms with van der Waals surface area (Å²) in [5.41, 5.74) is 5.76. The Morgan fingerprint density at radius 3 is 2.57 bits per heavy atom. The highest BCUT2D eigenvalue weighted by molar-refractivity contribution is 5.89. The second kappa shape index (κ2) is 9.19. The number of morpholine rings is 1. The van der Waals surface area contributed by atoms with Gasteiger partial charge in [0.2, 0.25) is 5.95 Å². The summed E-state index contributed by atoms with van der Waals surface area (Å²) in [6.07, 6.45) is 0. The average molecular weight is 406 g/mol. The molecular weight excluding hydrogens is 378 g/mol. The molecule has 0 unspecified atom stereocenters. The highest BCUT2D eigenvalue weighted by Crippen LogP contribution is 2.24. The number of hydrogen-bond donors (Lipinski definition) is 1. The lowest BCUT2D eigenvalue weighted by atomic mass is 10.0. The van der Waals surface area contributed by atoms with Gasteiger partial charge in [0.15, 0.2) is 0 Å². The summed E-state index contributed by atoms with van der Waals surface area (Å²) in [6, 6.07) is 17.8. The molecule has 1 aromatic heterocycles. The van der Waals surface area contributed by atoms with Gasteiger partial charge >= 0.3 is 0 Å². The topological polar surface area (TPSA) is 71.8 Å². The van der Waals surface area contributed by atoms with Crippen molar-refractivity contribution < 1.29 is 4.74 Å². The highest BCUT2D eigenvalue weighted by Gasteiger charge is 2.25.